The van der Waals surface area contributed by atoms with Crippen LogP contribution in [0, 0.1) is 0 Å². The summed E-state index contributed by atoms with van der Waals surface area (Å²) in [5.41, 5.74) is 0.725. The average molecular weight is 206 g/mol. The minimum absolute atomic E-state index is 0.0179. The van der Waals surface area contributed by atoms with Crippen LogP contribution >= 0.6 is 0 Å². The molecule has 2 rings (SSSR count). The number of hydrogen-bond donors (Lipinski definition) is 1. The van der Waals surface area contributed by atoms with Gasteiger partial charge in [-0.25, -0.2) is 4.79 Å². The Morgan fingerprint density at radius 2 is 2.33 bits per heavy atom. The number of fused-ring (bicyclic) bond motifs is 1. The van der Waals surface area contributed by atoms with Gasteiger partial charge >= 0.3 is 5.97 Å². The summed E-state index contributed by atoms with van der Waals surface area (Å²) in [6.45, 7) is 2.01. The third kappa shape index (κ3) is 1.54. The Balaban J connectivity index is 2.57. The van der Waals surface area contributed by atoms with Gasteiger partial charge in [-0.05, 0) is 19.1 Å². The number of benzene rings is 1. The Morgan fingerprint density at radius 1 is 1.53 bits per heavy atom. The third-order valence-electron chi connectivity index (χ3n) is 2.07. The lowest BCUT2D eigenvalue weighted by atomic mass is 10.1. The first kappa shape index (κ1) is 9.58. The second kappa shape index (κ2) is 3.65. The van der Waals surface area contributed by atoms with E-state index in [-0.39, 0.29) is 11.3 Å². The predicted molar refractivity (Wildman–Crippen MR) is 53.8 cm³/mol. The second-order valence-corrected chi connectivity index (χ2v) is 3.02. The monoisotopic (exact) mass is 206 g/mol. The number of hydrogen-bond acceptors (Lipinski definition) is 4. The second-order valence-electron chi connectivity index (χ2n) is 3.02. The molecule has 0 fully saturated rings. The van der Waals surface area contributed by atoms with E-state index in [1.807, 2.05) is 0 Å². The lowest BCUT2D eigenvalue weighted by Crippen LogP contribution is -2.03. The van der Waals surface area contributed by atoms with Crippen molar-refractivity contribution in [2.45, 2.75) is 6.92 Å². The van der Waals surface area contributed by atoms with Crippen LogP contribution in [-0.2, 0) is 4.74 Å². The smallest absolute Gasteiger partial charge is 0.342 e. The van der Waals surface area contributed by atoms with E-state index in [1.165, 1.54) is 12.3 Å². The molecule has 0 aliphatic carbocycles. The first-order valence-corrected chi connectivity index (χ1v) is 4.60. The molecule has 0 saturated heterocycles. The fourth-order valence-electron chi connectivity index (χ4n) is 1.43. The maximum Gasteiger partial charge on any atom is 0.342 e. The van der Waals surface area contributed by atoms with Gasteiger partial charge in [0.1, 0.15) is 23.2 Å². The molecule has 0 radical (unpaired) electrons. The average Bonchev–Trinajstić information content (AvgIpc) is 2.63. The van der Waals surface area contributed by atoms with E-state index in [1.54, 1.807) is 19.1 Å². The molecule has 1 aromatic heterocycles. The van der Waals surface area contributed by atoms with Gasteiger partial charge in [0.15, 0.2) is 0 Å². The Hall–Kier alpha value is -1.97. The number of furan rings is 1. The highest BCUT2D eigenvalue weighted by Crippen LogP contribution is 2.29. The number of phenolic OH excluding ortho intramolecular Hbond substituents is 1. The molecule has 4 nitrogen and oxygen atoms in total. The summed E-state index contributed by atoms with van der Waals surface area (Å²) < 4.78 is 9.98. The molecule has 0 saturated carbocycles. The van der Waals surface area contributed by atoms with Crippen molar-refractivity contribution < 1.29 is 19.1 Å². The molecule has 0 unspecified atom stereocenters. The fraction of sp³-hybridized carbons (Fsp3) is 0.182. The van der Waals surface area contributed by atoms with E-state index in [0.717, 1.165) is 0 Å². The molecule has 0 aliphatic heterocycles. The molecule has 78 valence electrons. The van der Waals surface area contributed by atoms with E-state index in [2.05, 4.69) is 0 Å². The lowest BCUT2D eigenvalue weighted by molar-refractivity contribution is 0.0527. The van der Waals surface area contributed by atoms with Crippen LogP contribution < -0.4 is 0 Å². The minimum Gasteiger partial charge on any atom is -0.507 e. The van der Waals surface area contributed by atoms with Crippen molar-refractivity contribution in [3.05, 3.63) is 30.0 Å². The summed E-state index contributed by atoms with van der Waals surface area (Å²) >= 11 is 0. The summed E-state index contributed by atoms with van der Waals surface area (Å²) in [6.07, 6.45) is 1.29. The molecule has 15 heavy (non-hydrogen) atoms. The van der Waals surface area contributed by atoms with Crippen LogP contribution in [-0.4, -0.2) is 17.7 Å². The van der Waals surface area contributed by atoms with Gasteiger partial charge in [-0.3, -0.25) is 0 Å². The van der Waals surface area contributed by atoms with Crippen molar-refractivity contribution >= 4 is 16.9 Å². The van der Waals surface area contributed by atoms with Crippen LogP contribution in [0.25, 0.3) is 11.0 Å². The number of phenols is 1. The molecule has 1 aromatic carbocycles. The number of rotatable bonds is 2. The van der Waals surface area contributed by atoms with Gasteiger partial charge in [0.25, 0.3) is 0 Å². The molecular weight excluding hydrogens is 196 g/mol. The van der Waals surface area contributed by atoms with Crippen LogP contribution in [0.4, 0.5) is 0 Å². The molecule has 0 bridgehead atoms. The van der Waals surface area contributed by atoms with Crippen LogP contribution in [0.2, 0.25) is 0 Å². The zero-order valence-electron chi connectivity index (χ0n) is 8.19. The molecular formula is C11H10O4. The first-order chi connectivity index (χ1) is 7.24. The van der Waals surface area contributed by atoms with Crippen LogP contribution in [0.1, 0.15) is 17.3 Å². The third-order valence-corrected chi connectivity index (χ3v) is 2.07. The van der Waals surface area contributed by atoms with Gasteiger partial charge in [0.2, 0.25) is 0 Å². The van der Waals surface area contributed by atoms with Crippen LogP contribution in [0.3, 0.4) is 0 Å². The molecule has 0 aliphatic rings. The number of ether oxygens (including phenoxy) is 1. The van der Waals surface area contributed by atoms with Crippen molar-refractivity contribution in [2.24, 2.45) is 0 Å². The maximum absolute atomic E-state index is 11.5. The van der Waals surface area contributed by atoms with Crippen LogP contribution in [0.5, 0.6) is 5.75 Å². The number of esters is 1. The lowest BCUT2D eigenvalue weighted by Gasteiger charge is -1.99. The Kier molecular flexibility index (Phi) is 2.33. The van der Waals surface area contributed by atoms with Crippen molar-refractivity contribution in [3.63, 3.8) is 0 Å². The number of carbonyl (C=O) groups excluding carboxylic acids is 1. The van der Waals surface area contributed by atoms with Gasteiger partial charge < -0.3 is 14.3 Å². The van der Waals surface area contributed by atoms with E-state index in [0.29, 0.717) is 17.6 Å². The zero-order valence-corrected chi connectivity index (χ0v) is 8.19. The summed E-state index contributed by atoms with van der Waals surface area (Å²) in [4.78, 5) is 11.5. The highest BCUT2D eigenvalue weighted by molar-refractivity contribution is 6.05. The molecule has 1 N–H and O–H groups in total. The van der Waals surface area contributed by atoms with E-state index < -0.39 is 5.97 Å². The van der Waals surface area contributed by atoms with Crippen molar-refractivity contribution in [1.82, 2.24) is 0 Å². The van der Waals surface area contributed by atoms with Crippen LogP contribution in [0.15, 0.2) is 28.9 Å². The van der Waals surface area contributed by atoms with E-state index in [9.17, 15) is 9.90 Å². The maximum atomic E-state index is 11.5. The van der Waals surface area contributed by atoms with Gasteiger partial charge in [-0.2, -0.15) is 0 Å². The molecule has 2 aromatic rings. The SMILES string of the molecule is CCOC(=O)c1coc2cccc(O)c12. The highest BCUT2D eigenvalue weighted by Gasteiger charge is 2.17. The van der Waals surface area contributed by atoms with Gasteiger partial charge in [-0.1, -0.05) is 6.07 Å². The summed E-state index contributed by atoms with van der Waals surface area (Å²) in [6, 6.07) is 4.83. The van der Waals surface area contributed by atoms with Gasteiger partial charge in [0, 0.05) is 0 Å². The standard InChI is InChI=1S/C11H10O4/c1-2-14-11(13)7-6-15-9-5-3-4-8(12)10(7)9/h3-6,12H,2H2,1H3. The fourth-order valence-corrected chi connectivity index (χ4v) is 1.43. The zero-order chi connectivity index (χ0) is 10.8. The minimum atomic E-state index is -0.488. The first-order valence-electron chi connectivity index (χ1n) is 4.60. The normalized spacial score (nSPS) is 10.5. The largest absolute Gasteiger partial charge is 0.507 e. The molecule has 0 atom stereocenters. The van der Waals surface area contributed by atoms with Gasteiger partial charge in [-0.15, -0.1) is 0 Å². The highest BCUT2D eigenvalue weighted by atomic mass is 16.5. The Bertz CT molecular complexity index is 498. The molecule has 1 heterocycles. The topological polar surface area (TPSA) is 59.7 Å². The number of carbonyl (C=O) groups is 1. The van der Waals surface area contributed by atoms with E-state index >= 15 is 0 Å². The van der Waals surface area contributed by atoms with Crippen molar-refractivity contribution in [1.29, 1.82) is 0 Å². The summed E-state index contributed by atoms with van der Waals surface area (Å²) in [7, 11) is 0. The molecule has 4 heteroatoms. The van der Waals surface area contributed by atoms with Crippen molar-refractivity contribution in [2.75, 3.05) is 6.61 Å². The number of aromatic hydroxyl groups is 1. The summed E-state index contributed by atoms with van der Waals surface area (Å²) in [5.74, 6) is -0.470. The molecule has 0 amide bonds. The van der Waals surface area contributed by atoms with Gasteiger partial charge in [0.05, 0.1) is 12.0 Å². The quantitative estimate of drug-likeness (QED) is 0.766. The summed E-state index contributed by atoms with van der Waals surface area (Å²) in [5, 5.41) is 9.99. The van der Waals surface area contributed by atoms with E-state index in [4.69, 9.17) is 9.15 Å². The molecule has 0 spiro atoms. The Morgan fingerprint density at radius 3 is 3.07 bits per heavy atom. The predicted octanol–water partition coefficient (Wildman–Crippen LogP) is 2.32. The Labute approximate surface area is 86.1 Å². The van der Waals surface area contributed by atoms with Crippen molar-refractivity contribution in [3.8, 4) is 5.75 Å².